The first kappa shape index (κ1) is 39.5. The van der Waals surface area contributed by atoms with Crippen molar-refractivity contribution in [3.05, 3.63) is 172 Å². The fourth-order valence-corrected chi connectivity index (χ4v) is 7.56. The minimum atomic E-state index is -0.122. The van der Waals surface area contributed by atoms with Crippen molar-refractivity contribution in [1.82, 2.24) is 0 Å². The number of fused-ring (bicyclic) bond motifs is 2. The van der Waals surface area contributed by atoms with Crippen LogP contribution in [0.15, 0.2) is 127 Å². The quantitative estimate of drug-likeness (QED) is 0.124. The van der Waals surface area contributed by atoms with Crippen LogP contribution in [0, 0.1) is 55.4 Å². The molecule has 0 saturated carbocycles. The predicted molar refractivity (Wildman–Crippen MR) is 206 cm³/mol. The Bertz CT molecular complexity index is 1860. The Hall–Kier alpha value is -3.98. The molecule has 0 amide bonds. The van der Waals surface area contributed by atoms with Crippen molar-refractivity contribution in [2.45, 2.75) is 61.9 Å². The Morgan fingerprint density at radius 3 is 1.10 bits per heavy atom. The van der Waals surface area contributed by atoms with Gasteiger partial charge in [0, 0.05) is 0 Å². The third-order valence-electron chi connectivity index (χ3n) is 7.94. The van der Waals surface area contributed by atoms with Crippen molar-refractivity contribution in [2.75, 3.05) is 0 Å². The Labute approximate surface area is 309 Å². The van der Waals surface area contributed by atoms with Gasteiger partial charge in [-0.2, -0.15) is 12.1 Å². The van der Waals surface area contributed by atoms with E-state index in [2.05, 4.69) is 124 Å². The first-order chi connectivity index (χ1) is 23.2. The topological polar surface area (TPSA) is 46.1 Å². The summed E-state index contributed by atoms with van der Waals surface area (Å²) in [7, 11) is 0. The van der Waals surface area contributed by atoms with Crippen molar-refractivity contribution in [2.24, 2.45) is 0 Å². The molecule has 0 aliphatic carbocycles. The second kappa shape index (κ2) is 19.3. The van der Waals surface area contributed by atoms with Crippen LogP contribution in [0.2, 0.25) is 6.55 Å². The molecule has 0 saturated heterocycles. The first-order valence-electron chi connectivity index (χ1n) is 16.6. The molecule has 2 nitrogen and oxygen atoms in total. The maximum Gasteiger partial charge on any atom is -0.0398 e. The summed E-state index contributed by atoms with van der Waals surface area (Å²) in [6.07, 6.45) is 0. The van der Waals surface area contributed by atoms with Gasteiger partial charge in [-0.3, -0.25) is 0 Å². The molecule has 0 aliphatic heterocycles. The third kappa shape index (κ3) is 12.8. The molecule has 0 radical (unpaired) electrons. The monoisotopic (exact) mass is 738 g/mol. The van der Waals surface area contributed by atoms with E-state index in [1.807, 2.05) is 65.8 Å². The zero-order valence-corrected chi connectivity index (χ0v) is 33.9. The second-order valence-corrected chi connectivity index (χ2v) is 20.1. The van der Waals surface area contributed by atoms with Crippen LogP contribution in [0.25, 0.3) is 21.5 Å². The van der Waals surface area contributed by atoms with Crippen molar-refractivity contribution in [3.63, 3.8) is 0 Å². The molecule has 0 fully saturated rings. The average Bonchev–Trinajstić information content (AvgIpc) is 3.64. The number of hydrogen-bond acceptors (Lipinski definition) is 2. The van der Waals surface area contributed by atoms with Gasteiger partial charge in [-0.25, -0.2) is 0 Å². The fourth-order valence-electron chi connectivity index (χ4n) is 5.63. The van der Waals surface area contributed by atoms with E-state index in [4.69, 9.17) is 0 Å². The molecule has 0 atom stereocenters. The number of benzene rings is 5. The van der Waals surface area contributed by atoms with Crippen molar-refractivity contribution in [3.8, 4) is 11.5 Å². The summed E-state index contributed by atoms with van der Waals surface area (Å²) < 4.78 is 0. The third-order valence-corrected chi connectivity index (χ3v) is 11.3. The van der Waals surface area contributed by atoms with E-state index in [1.54, 1.807) is 28.5 Å². The van der Waals surface area contributed by atoms with Gasteiger partial charge in [-0.15, -0.1) is 92.7 Å². The molecule has 0 heterocycles. The largest absolute Gasteiger partial charge is 0.872 e. The minimum absolute atomic E-state index is 0.122. The van der Waals surface area contributed by atoms with Crippen molar-refractivity contribution >= 4 is 32.2 Å². The van der Waals surface area contributed by atoms with Crippen LogP contribution in [-0.2, 0) is 23.3 Å². The smallest absolute Gasteiger partial charge is 0.0398 e. The van der Waals surface area contributed by atoms with E-state index in [9.17, 15) is 10.2 Å². The molecule has 0 aliphatic rings. The first-order valence-corrected chi connectivity index (χ1v) is 22.3. The van der Waals surface area contributed by atoms with Crippen LogP contribution in [0.5, 0.6) is 11.5 Å². The van der Waals surface area contributed by atoms with Gasteiger partial charge in [0.15, 0.2) is 0 Å². The van der Waals surface area contributed by atoms with Crippen LogP contribution in [0.3, 0.4) is 0 Å². The van der Waals surface area contributed by atoms with Gasteiger partial charge in [0.1, 0.15) is 0 Å². The molecule has 0 aromatic heterocycles. The predicted octanol–water partition coefficient (Wildman–Crippen LogP) is 10.2. The summed E-state index contributed by atoms with van der Waals surface area (Å²) in [6, 6.07) is 44.1. The zero-order chi connectivity index (χ0) is 36.1. The summed E-state index contributed by atoms with van der Waals surface area (Å²) >= 11 is 1.69. The zero-order valence-electron chi connectivity index (χ0n) is 30.4. The molecule has 49 heavy (non-hydrogen) atoms. The van der Waals surface area contributed by atoms with E-state index < -0.39 is 0 Å². The van der Waals surface area contributed by atoms with Gasteiger partial charge in [0.2, 0.25) is 0 Å². The molecule has 7 rings (SSSR count). The van der Waals surface area contributed by atoms with Crippen LogP contribution in [-0.4, -0.2) is 5.43 Å². The Balaban J connectivity index is 0.000000166. The molecular formula is C45H48O2SiZr-2. The molecule has 0 N–H and O–H groups in total. The van der Waals surface area contributed by atoms with E-state index in [0.717, 1.165) is 33.4 Å². The molecule has 250 valence electrons. The fraction of sp³-hybridized carbons (Fsp3) is 0.200. The molecular weight excluding hydrogens is 692 g/mol. The van der Waals surface area contributed by atoms with Gasteiger partial charge in [0.05, 0.1) is 0 Å². The SMILES string of the molecule is C[Si](=[Zr+2])c1ccccc1.Cc1cc(C)c([O-])c(C)c1.Cc1cc(C)c([O-])c(C)c1.Cc1cc2ccccc2[cH-]1.Cc1cc2ccccc2[cH-]1. The van der Waals surface area contributed by atoms with E-state index in [-0.39, 0.29) is 16.9 Å². The maximum absolute atomic E-state index is 11.1. The van der Waals surface area contributed by atoms with E-state index in [1.165, 1.54) is 32.7 Å². The molecule has 0 unspecified atom stereocenters. The molecule has 0 bridgehead atoms. The number of hydrogen-bond donors (Lipinski definition) is 0. The van der Waals surface area contributed by atoms with Crippen LogP contribution >= 0.6 is 0 Å². The second-order valence-electron chi connectivity index (χ2n) is 12.8. The van der Waals surface area contributed by atoms with Gasteiger partial charge in [0.25, 0.3) is 0 Å². The Morgan fingerprint density at radius 1 is 0.469 bits per heavy atom. The van der Waals surface area contributed by atoms with Crippen LogP contribution in [0.4, 0.5) is 0 Å². The van der Waals surface area contributed by atoms with Crippen molar-refractivity contribution in [1.29, 1.82) is 0 Å². The summed E-state index contributed by atoms with van der Waals surface area (Å²) in [4.78, 5) is 0. The van der Waals surface area contributed by atoms with Gasteiger partial charge >= 0.3 is 70.8 Å². The molecule has 0 spiro atoms. The van der Waals surface area contributed by atoms with E-state index >= 15 is 0 Å². The molecule has 7 aromatic carbocycles. The van der Waals surface area contributed by atoms with Gasteiger partial charge in [-0.05, 0) is 41.5 Å². The van der Waals surface area contributed by atoms with Crippen LogP contribution < -0.4 is 15.4 Å². The Kier molecular flexibility index (Phi) is 15.5. The summed E-state index contributed by atoms with van der Waals surface area (Å²) in [5.74, 6) is 0.344. The molecule has 4 heteroatoms. The standard InChI is InChI=1S/2C10H9.2C9H12O.C7H8Si.Zr/c2*1-8-6-9-4-2-3-5-10(9)7-8;2*1-6-4-7(2)9(10)8(3)5-6;1-8-7-5-3-2-4-6-7;/h2*2-7H,1H3;2*4-5,10H,1-3H3;2-6H,1H3;/q2*-1;;;;+2/p-2. The van der Waals surface area contributed by atoms with Gasteiger partial charge < -0.3 is 10.2 Å². The minimum Gasteiger partial charge on any atom is -0.872 e. The summed E-state index contributed by atoms with van der Waals surface area (Å²) in [6.45, 7) is 18.0. The van der Waals surface area contributed by atoms with E-state index in [0.29, 0.717) is 0 Å². The van der Waals surface area contributed by atoms with Gasteiger partial charge in [-0.1, -0.05) is 83.6 Å². The summed E-state index contributed by atoms with van der Waals surface area (Å²) in [5.41, 5.74) is 8.28. The van der Waals surface area contributed by atoms with Crippen LogP contribution in [0.1, 0.15) is 44.5 Å². The average molecular weight is 740 g/mol. The number of rotatable bonds is 1. The maximum atomic E-state index is 11.1. The molecule has 7 aromatic rings. The Morgan fingerprint density at radius 2 is 0.796 bits per heavy atom. The number of aryl methyl sites for hydroxylation is 8. The normalized spacial score (nSPS) is 10.0. The summed E-state index contributed by atoms with van der Waals surface area (Å²) in [5, 5.41) is 29.2. The van der Waals surface area contributed by atoms with Crippen molar-refractivity contribution < 1.29 is 33.5 Å².